The van der Waals surface area contributed by atoms with Crippen molar-refractivity contribution in [2.45, 2.75) is 6.54 Å². The third kappa shape index (κ3) is 4.17. The molecule has 0 saturated carbocycles. The molecule has 1 N–H and O–H groups in total. The summed E-state index contributed by atoms with van der Waals surface area (Å²) in [5, 5.41) is 9.26. The first-order chi connectivity index (χ1) is 11.0. The summed E-state index contributed by atoms with van der Waals surface area (Å²) in [7, 11) is 3.20. The van der Waals surface area contributed by atoms with Gasteiger partial charge in [0.15, 0.2) is 0 Å². The number of carbonyl (C=O) groups excluding carboxylic acids is 1. The van der Waals surface area contributed by atoms with Crippen molar-refractivity contribution in [1.29, 1.82) is 0 Å². The zero-order valence-electron chi connectivity index (χ0n) is 13.2. The molecule has 0 aromatic heterocycles. The third-order valence-electron chi connectivity index (χ3n) is 3.54. The summed E-state index contributed by atoms with van der Waals surface area (Å²) < 4.78 is 4.83. The SMILES string of the molecule is COCC(=O)N(C)Cc1ccc(-c2ccccc2C(=O)O)cc1. The van der Waals surface area contributed by atoms with Crippen molar-refractivity contribution < 1.29 is 19.4 Å². The fourth-order valence-corrected chi connectivity index (χ4v) is 2.31. The lowest BCUT2D eigenvalue weighted by Gasteiger charge is -2.17. The first-order valence-electron chi connectivity index (χ1n) is 7.17. The number of rotatable bonds is 6. The maximum absolute atomic E-state index is 11.7. The minimum absolute atomic E-state index is 0.0561. The van der Waals surface area contributed by atoms with E-state index in [0.717, 1.165) is 11.1 Å². The average Bonchev–Trinajstić information content (AvgIpc) is 2.55. The summed E-state index contributed by atoms with van der Waals surface area (Å²) in [4.78, 5) is 24.6. The van der Waals surface area contributed by atoms with Crippen molar-refractivity contribution in [3.63, 3.8) is 0 Å². The normalized spacial score (nSPS) is 10.3. The second kappa shape index (κ2) is 7.56. The minimum Gasteiger partial charge on any atom is -0.478 e. The first-order valence-corrected chi connectivity index (χ1v) is 7.17. The minimum atomic E-state index is -0.949. The summed E-state index contributed by atoms with van der Waals surface area (Å²) >= 11 is 0. The lowest BCUT2D eigenvalue weighted by atomic mass is 9.98. The van der Waals surface area contributed by atoms with Crippen molar-refractivity contribution in [3.8, 4) is 11.1 Å². The first kappa shape index (κ1) is 16.7. The molecule has 2 aromatic rings. The second-order valence-corrected chi connectivity index (χ2v) is 5.23. The number of ether oxygens (including phenoxy) is 1. The lowest BCUT2D eigenvalue weighted by molar-refractivity contribution is -0.134. The largest absolute Gasteiger partial charge is 0.478 e. The van der Waals surface area contributed by atoms with Crippen LogP contribution < -0.4 is 0 Å². The zero-order valence-corrected chi connectivity index (χ0v) is 13.2. The fraction of sp³-hybridized carbons (Fsp3) is 0.222. The molecule has 1 amide bonds. The Labute approximate surface area is 135 Å². The van der Waals surface area contributed by atoms with E-state index in [1.54, 1.807) is 30.1 Å². The van der Waals surface area contributed by atoms with Gasteiger partial charge in [0, 0.05) is 20.7 Å². The van der Waals surface area contributed by atoms with Crippen molar-refractivity contribution in [2.24, 2.45) is 0 Å². The average molecular weight is 313 g/mol. The number of hydrogen-bond acceptors (Lipinski definition) is 3. The Balaban J connectivity index is 2.17. The van der Waals surface area contributed by atoms with Gasteiger partial charge in [0.25, 0.3) is 0 Å². The van der Waals surface area contributed by atoms with Crippen molar-refractivity contribution in [1.82, 2.24) is 4.90 Å². The van der Waals surface area contributed by atoms with E-state index in [1.807, 2.05) is 30.3 Å². The Morgan fingerprint density at radius 1 is 1.09 bits per heavy atom. The molecule has 0 radical (unpaired) electrons. The number of hydrogen-bond donors (Lipinski definition) is 1. The Morgan fingerprint density at radius 3 is 2.35 bits per heavy atom. The van der Waals surface area contributed by atoms with E-state index in [1.165, 1.54) is 7.11 Å². The van der Waals surface area contributed by atoms with E-state index in [2.05, 4.69) is 0 Å². The number of benzene rings is 2. The number of carboxylic acid groups (broad SMARTS) is 1. The van der Waals surface area contributed by atoms with Gasteiger partial charge < -0.3 is 14.7 Å². The highest BCUT2D eigenvalue weighted by Crippen LogP contribution is 2.24. The molecule has 0 aliphatic rings. The van der Waals surface area contributed by atoms with Gasteiger partial charge in [-0.2, -0.15) is 0 Å². The van der Waals surface area contributed by atoms with Gasteiger partial charge in [-0.3, -0.25) is 4.79 Å². The molecule has 120 valence electrons. The summed E-state index contributed by atoms with van der Waals surface area (Å²) in [5.41, 5.74) is 2.74. The van der Waals surface area contributed by atoms with Crippen LogP contribution in [-0.4, -0.2) is 42.6 Å². The summed E-state index contributed by atoms with van der Waals surface area (Å²) in [5.74, 6) is -1.04. The van der Waals surface area contributed by atoms with Crippen molar-refractivity contribution >= 4 is 11.9 Å². The predicted octanol–water partition coefficient (Wildman–Crippen LogP) is 2.66. The topological polar surface area (TPSA) is 66.8 Å². The molecule has 5 nitrogen and oxygen atoms in total. The van der Waals surface area contributed by atoms with Gasteiger partial charge in [-0.1, -0.05) is 42.5 Å². The molecule has 5 heteroatoms. The van der Waals surface area contributed by atoms with E-state index in [-0.39, 0.29) is 18.1 Å². The predicted molar refractivity (Wildman–Crippen MR) is 87.2 cm³/mol. The van der Waals surface area contributed by atoms with E-state index < -0.39 is 5.97 Å². The summed E-state index contributed by atoms with van der Waals surface area (Å²) in [6.45, 7) is 0.531. The van der Waals surface area contributed by atoms with Crippen LogP contribution in [0.3, 0.4) is 0 Å². The van der Waals surface area contributed by atoms with Gasteiger partial charge in [0.05, 0.1) is 5.56 Å². The van der Waals surface area contributed by atoms with E-state index in [9.17, 15) is 14.7 Å². The number of carbonyl (C=O) groups is 2. The molecule has 0 spiro atoms. The van der Waals surface area contributed by atoms with Gasteiger partial charge in [-0.25, -0.2) is 4.79 Å². The van der Waals surface area contributed by atoms with Crippen LogP contribution in [0, 0.1) is 0 Å². The van der Waals surface area contributed by atoms with Gasteiger partial charge in [-0.05, 0) is 22.8 Å². The Hall–Kier alpha value is -2.66. The van der Waals surface area contributed by atoms with E-state index in [4.69, 9.17) is 4.74 Å². The fourth-order valence-electron chi connectivity index (χ4n) is 2.31. The highest BCUT2D eigenvalue weighted by molar-refractivity contribution is 5.96. The third-order valence-corrected chi connectivity index (χ3v) is 3.54. The van der Waals surface area contributed by atoms with Crippen molar-refractivity contribution in [2.75, 3.05) is 20.8 Å². The Kier molecular flexibility index (Phi) is 5.49. The highest BCUT2D eigenvalue weighted by Gasteiger charge is 2.12. The quantitative estimate of drug-likeness (QED) is 0.890. The van der Waals surface area contributed by atoms with Crippen molar-refractivity contribution in [3.05, 3.63) is 59.7 Å². The van der Waals surface area contributed by atoms with Gasteiger partial charge in [-0.15, -0.1) is 0 Å². The van der Waals surface area contributed by atoms with Crippen LogP contribution in [0.2, 0.25) is 0 Å². The van der Waals surface area contributed by atoms with E-state index in [0.29, 0.717) is 12.1 Å². The number of likely N-dealkylation sites (N-methyl/N-ethyl adjacent to an activating group) is 1. The number of amides is 1. The van der Waals surface area contributed by atoms with Crippen LogP contribution in [0.15, 0.2) is 48.5 Å². The number of aromatic carboxylic acids is 1. The molecule has 0 aliphatic carbocycles. The Bertz CT molecular complexity index is 694. The summed E-state index contributed by atoms with van der Waals surface area (Å²) in [6.07, 6.45) is 0. The zero-order chi connectivity index (χ0) is 16.8. The molecular weight excluding hydrogens is 294 g/mol. The molecule has 0 saturated heterocycles. The molecule has 0 atom stereocenters. The Morgan fingerprint density at radius 2 is 1.74 bits per heavy atom. The van der Waals surface area contributed by atoms with Gasteiger partial charge in [0.1, 0.15) is 6.61 Å². The number of nitrogens with zero attached hydrogens (tertiary/aromatic N) is 1. The van der Waals surface area contributed by atoms with Gasteiger partial charge >= 0.3 is 5.97 Å². The van der Waals surface area contributed by atoms with Crippen LogP contribution in [0.5, 0.6) is 0 Å². The number of methoxy groups -OCH3 is 1. The molecule has 0 heterocycles. The van der Waals surface area contributed by atoms with Crippen LogP contribution in [0.1, 0.15) is 15.9 Å². The van der Waals surface area contributed by atoms with E-state index >= 15 is 0 Å². The lowest BCUT2D eigenvalue weighted by Crippen LogP contribution is -2.29. The molecular formula is C18H19NO4. The smallest absolute Gasteiger partial charge is 0.336 e. The summed E-state index contributed by atoms with van der Waals surface area (Å²) in [6, 6.07) is 14.4. The molecule has 0 fully saturated rings. The number of carboxylic acids is 1. The molecule has 0 unspecified atom stereocenters. The second-order valence-electron chi connectivity index (χ2n) is 5.23. The monoisotopic (exact) mass is 313 g/mol. The van der Waals surface area contributed by atoms with Gasteiger partial charge in [0.2, 0.25) is 5.91 Å². The highest BCUT2D eigenvalue weighted by atomic mass is 16.5. The standard InChI is InChI=1S/C18H19NO4/c1-19(17(20)12-23-2)11-13-7-9-14(10-8-13)15-5-3-4-6-16(15)18(21)22/h3-10H,11-12H2,1-2H3,(H,21,22). The van der Waals surface area contributed by atoms with Crippen LogP contribution >= 0.6 is 0 Å². The van der Waals surface area contributed by atoms with Crippen LogP contribution in [0.4, 0.5) is 0 Å². The maximum Gasteiger partial charge on any atom is 0.336 e. The molecule has 0 bridgehead atoms. The molecule has 2 aromatic carbocycles. The molecule has 0 aliphatic heterocycles. The molecule has 23 heavy (non-hydrogen) atoms. The van der Waals surface area contributed by atoms with Crippen LogP contribution in [0.25, 0.3) is 11.1 Å². The maximum atomic E-state index is 11.7. The molecule has 2 rings (SSSR count). The van der Waals surface area contributed by atoms with Crippen LogP contribution in [-0.2, 0) is 16.1 Å².